The summed E-state index contributed by atoms with van der Waals surface area (Å²) in [5.74, 6) is -0.220. The molecule has 0 heterocycles. The van der Waals surface area contributed by atoms with Crippen LogP contribution in [0.2, 0.25) is 0 Å². The van der Waals surface area contributed by atoms with Crippen molar-refractivity contribution in [3.63, 3.8) is 0 Å². The molecule has 64 valence electrons. The third-order valence-corrected chi connectivity index (χ3v) is 1.42. The van der Waals surface area contributed by atoms with Crippen molar-refractivity contribution in [3.8, 4) is 0 Å². The maximum absolute atomic E-state index is 12.4. The lowest BCUT2D eigenvalue weighted by Gasteiger charge is -2.00. The van der Waals surface area contributed by atoms with Crippen LogP contribution in [0.1, 0.15) is 5.56 Å². The molecule has 12 heavy (non-hydrogen) atoms. The molecule has 0 saturated heterocycles. The van der Waals surface area contributed by atoms with Crippen LogP contribution in [0.15, 0.2) is 36.9 Å². The molecule has 0 unspecified atom stereocenters. The predicted octanol–water partition coefficient (Wildman–Crippen LogP) is 2.53. The van der Waals surface area contributed by atoms with Crippen molar-refractivity contribution in [3.05, 3.63) is 48.3 Å². The van der Waals surface area contributed by atoms with E-state index in [2.05, 4.69) is 6.58 Å². The number of hydrogen-bond acceptors (Lipinski definition) is 1. The average Bonchev–Trinajstić information content (AvgIpc) is 2.09. The largest absolute Gasteiger partial charge is 0.373 e. The van der Waals surface area contributed by atoms with E-state index in [0.717, 1.165) is 5.56 Å². The number of halogens is 1. The van der Waals surface area contributed by atoms with E-state index in [1.54, 1.807) is 18.2 Å². The minimum absolute atomic E-state index is 0.220. The molecule has 1 aromatic carbocycles. The van der Waals surface area contributed by atoms with Gasteiger partial charge in [-0.1, -0.05) is 18.2 Å². The first kappa shape index (κ1) is 8.94. The van der Waals surface area contributed by atoms with Crippen molar-refractivity contribution in [2.24, 2.45) is 0 Å². The second kappa shape index (κ2) is 4.67. The molecule has 0 amide bonds. The second-order valence-corrected chi connectivity index (χ2v) is 2.43. The van der Waals surface area contributed by atoms with Crippen molar-refractivity contribution in [1.29, 1.82) is 0 Å². The Balaban J connectivity index is 2.42. The molecule has 0 saturated carbocycles. The van der Waals surface area contributed by atoms with Crippen molar-refractivity contribution < 1.29 is 9.13 Å². The van der Waals surface area contributed by atoms with E-state index < -0.39 is 0 Å². The molecule has 1 nitrogen and oxygen atoms in total. The molecule has 0 N–H and O–H groups in total. The van der Waals surface area contributed by atoms with Crippen molar-refractivity contribution >= 4 is 0 Å². The Morgan fingerprint density at radius 1 is 1.33 bits per heavy atom. The molecule has 0 aromatic heterocycles. The molecular formula is C10H11FO. The maximum atomic E-state index is 12.4. The number of benzene rings is 1. The zero-order valence-corrected chi connectivity index (χ0v) is 6.79. The van der Waals surface area contributed by atoms with Gasteiger partial charge in [-0.25, -0.2) is 4.39 Å². The van der Waals surface area contributed by atoms with E-state index >= 15 is 0 Å². The summed E-state index contributed by atoms with van der Waals surface area (Å²) in [6, 6.07) is 6.26. The van der Waals surface area contributed by atoms with E-state index in [0.29, 0.717) is 13.2 Å². The number of hydrogen-bond donors (Lipinski definition) is 0. The fourth-order valence-corrected chi connectivity index (χ4v) is 0.841. The van der Waals surface area contributed by atoms with E-state index in [1.165, 1.54) is 12.1 Å². The van der Waals surface area contributed by atoms with Crippen LogP contribution in [-0.4, -0.2) is 6.61 Å². The molecular weight excluding hydrogens is 154 g/mol. The van der Waals surface area contributed by atoms with Crippen LogP contribution >= 0.6 is 0 Å². The van der Waals surface area contributed by atoms with Gasteiger partial charge in [-0.05, 0) is 17.7 Å². The van der Waals surface area contributed by atoms with Crippen LogP contribution in [0.5, 0.6) is 0 Å². The molecule has 0 aliphatic carbocycles. The van der Waals surface area contributed by atoms with E-state index in [9.17, 15) is 4.39 Å². The van der Waals surface area contributed by atoms with Gasteiger partial charge in [-0.3, -0.25) is 0 Å². The average molecular weight is 165 g/mol. The highest BCUT2D eigenvalue weighted by atomic mass is 18.2. The Kier molecular flexibility index (Phi) is 3.48. The standard InChI is InChI=1S/C10H11FO/c1-2-7-12-8-9-3-5-10(11)6-4-9/h2-6H,1,7-8H2/i11-1. The van der Waals surface area contributed by atoms with Gasteiger partial charge in [0.15, 0.2) is 0 Å². The lowest BCUT2D eigenvalue weighted by molar-refractivity contribution is 0.149. The molecule has 1 aromatic rings. The van der Waals surface area contributed by atoms with Crippen LogP contribution in [0.3, 0.4) is 0 Å². The van der Waals surface area contributed by atoms with Crippen molar-refractivity contribution in [2.45, 2.75) is 6.61 Å². The number of ether oxygens (including phenoxy) is 1. The predicted molar refractivity (Wildman–Crippen MR) is 46.3 cm³/mol. The summed E-state index contributed by atoms with van der Waals surface area (Å²) in [5.41, 5.74) is 0.971. The third-order valence-electron chi connectivity index (χ3n) is 1.42. The summed E-state index contributed by atoms with van der Waals surface area (Å²) in [5, 5.41) is 0. The second-order valence-electron chi connectivity index (χ2n) is 2.43. The number of rotatable bonds is 4. The van der Waals surface area contributed by atoms with Gasteiger partial charge in [-0.15, -0.1) is 6.58 Å². The fourth-order valence-electron chi connectivity index (χ4n) is 0.841. The molecule has 0 bridgehead atoms. The van der Waals surface area contributed by atoms with Crippen LogP contribution in [0.4, 0.5) is 4.39 Å². The van der Waals surface area contributed by atoms with Gasteiger partial charge in [0.1, 0.15) is 5.82 Å². The van der Waals surface area contributed by atoms with E-state index in [4.69, 9.17) is 4.74 Å². The summed E-state index contributed by atoms with van der Waals surface area (Å²) in [6.45, 7) is 4.55. The first-order valence-corrected chi connectivity index (χ1v) is 3.76. The van der Waals surface area contributed by atoms with Crippen LogP contribution in [0.25, 0.3) is 0 Å². The summed E-state index contributed by atoms with van der Waals surface area (Å²) < 4.78 is 17.6. The highest BCUT2D eigenvalue weighted by molar-refractivity contribution is 5.14. The summed E-state index contributed by atoms with van der Waals surface area (Å²) in [6.07, 6.45) is 1.68. The summed E-state index contributed by atoms with van der Waals surface area (Å²) in [7, 11) is 0. The Morgan fingerprint density at radius 3 is 2.58 bits per heavy atom. The van der Waals surface area contributed by atoms with Gasteiger partial charge in [0.2, 0.25) is 0 Å². The topological polar surface area (TPSA) is 9.23 Å². The molecule has 0 aliphatic heterocycles. The van der Waals surface area contributed by atoms with Gasteiger partial charge in [0, 0.05) is 0 Å². The Hall–Kier alpha value is -1.15. The third kappa shape index (κ3) is 2.84. The van der Waals surface area contributed by atoms with Crippen molar-refractivity contribution in [1.82, 2.24) is 0 Å². The SMILES string of the molecule is C=CCOCc1ccc([18F])cc1. The smallest absolute Gasteiger partial charge is 0.123 e. The minimum atomic E-state index is -0.220. The van der Waals surface area contributed by atoms with E-state index in [-0.39, 0.29) is 5.82 Å². The monoisotopic (exact) mass is 165 g/mol. The Morgan fingerprint density at radius 2 is 2.00 bits per heavy atom. The quantitative estimate of drug-likeness (QED) is 0.492. The van der Waals surface area contributed by atoms with Gasteiger partial charge >= 0.3 is 0 Å². The highest BCUT2D eigenvalue weighted by Gasteiger charge is 1.92. The minimum Gasteiger partial charge on any atom is -0.373 e. The molecule has 0 aliphatic rings. The van der Waals surface area contributed by atoms with Gasteiger partial charge < -0.3 is 4.74 Å². The van der Waals surface area contributed by atoms with Gasteiger partial charge in [0.05, 0.1) is 13.2 Å². The molecule has 0 spiro atoms. The molecule has 0 atom stereocenters. The summed E-state index contributed by atoms with van der Waals surface area (Å²) in [4.78, 5) is 0. The summed E-state index contributed by atoms with van der Waals surface area (Å²) >= 11 is 0. The first-order chi connectivity index (χ1) is 5.83. The normalized spacial score (nSPS) is 9.75. The van der Waals surface area contributed by atoms with Crippen LogP contribution in [-0.2, 0) is 11.3 Å². The molecule has 2 heteroatoms. The lowest BCUT2D eigenvalue weighted by Crippen LogP contribution is -1.92. The zero-order chi connectivity index (χ0) is 8.81. The Bertz CT molecular complexity index is 241. The highest BCUT2D eigenvalue weighted by Crippen LogP contribution is 2.03. The van der Waals surface area contributed by atoms with Crippen molar-refractivity contribution in [2.75, 3.05) is 6.61 Å². The maximum Gasteiger partial charge on any atom is 0.123 e. The first-order valence-electron chi connectivity index (χ1n) is 3.76. The van der Waals surface area contributed by atoms with Gasteiger partial charge in [-0.2, -0.15) is 0 Å². The fraction of sp³-hybridized carbons (Fsp3) is 0.200. The molecule has 0 radical (unpaired) electrons. The molecule has 1 rings (SSSR count). The van der Waals surface area contributed by atoms with E-state index in [1.807, 2.05) is 0 Å². The lowest BCUT2D eigenvalue weighted by atomic mass is 10.2. The molecule has 0 fully saturated rings. The van der Waals surface area contributed by atoms with Gasteiger partial charge in [0.25, 0.3) is 0 Å². The Labute approximate surface area is 71.5 Å². The van der Waals surface area contributed by atoms with Crippen LogP contribution < -0.4 is 0 Å². The zero-order valence-electron chi connectivity index (χ0n) is 6.79. The van der Waals surface area contributed by atoms with Crippen LogP contribution in [0, 0.1) is 5.82 Å².